The molecule has 3 rings (SSSR count). The van der Waals surface area contributed by atoms with Gasteiger partial charge in [0.1, 0.15) is 17.7 Å². The highest BCUT2D eigenvalue weighted by Crippen LogP contribution is 2.16. The van der Waals surface area contributed by atoms with E-state index in [0.29, 0.717) is 24.5 Å². The van der Waals surface area contributed by atoms with Crippen molar-refractivity contribution in [1.82, 2.24) is 10.9 Å². The molecule has 2 unspecified atom stereocenters. The van der Waals surface area contributed by atoms with Crippen LogP contribution in [-0.2, 0) is 14.3 Å². The molecule has 2 aromatic rings. The van der Waals surface area contributed by atoms with Gasteiger partial charge >= 0.3 is 0 Å². The minimum absolute atomic E-state index is 0.243. The standard InChI is InChI=1S/C21H22FN3O5/c1-13(30-17-9-7-15(22)8-10-17)19(26)24-25-20(27)14-4-2-5-16(12-14)23-21(28)18-6-3-11-29-18/h2,4-5,7-10,12-13,18H,3,6,11H2,1H3,(H,23,28)(H,24,26)(H,25,27). The summed E-state index contributed by atoms with van der Waals surface area (Å²) in [6.07, 6.45) is 0.0943. The number of nitrogens with one attached hydrogen (secondary N) is 3. The number of carbonyl (C=O) groups is 3. The van der Waals surface area contributed by atoms with Gasteiger partial charge in [0.25, 0.3) is 17.7 Å². The third kappa shape index (κ3) is 5.77. The monoisotopic (exact) mass is 415 g/mol. The highest BCUT2D eigenvalue weighted by Gasteiger charge is 2.23. The zero-order valence-electron chi connectivity index (χ0n) is 16.3. The topological polar surface area (TPSA) is 106 Å². The molecular weight excluding hydrogens is 393 g/mol. The first-order chi connectivity index (χ1) is 14.4. The van der Waals surface area contributed by atoms with E-state index in [-0.39, 0.29) is 11.5 Å². The first-order valence-corrected chi connectivity index (χ1v) is 9.47. The highest BCUT2D eigenvalue weighted by molar-refractivity contribution is 5.99. The lowest BCUT2D eigenvalue weighted by molar-refractivity contribution is -0.128. The minimum Gasteiger partial charge on any atom is -0.481 e. The van der Waals surface area contributed by atoms with Gasteiger partial charge in [-0.3, -0.25) is 25.2 Å². The lowest BCUT2D eigenvalue weighted by Gasteiger charge is -2.15. The molecule has 9 heteroatoms. The second kappa shape index (κ2) is 9.84. The molecule has 0 aromatic heterocycles. The Morgan fingerprint density at radius 3 is 2.60 bits per heavy atom. The summed E-state index contributed by atoms with van der Waals surface area (Å²) in [5, 5.41) is 2.72. The first kappa shape index (κ1) is 21.3. The lowest BCUT2D eigenvalue weighted by atomic mass is 10.1. The van der Waals surface area contributed by atoms with Crippen molar-refractivity contribution < 1.29 is 28.2 Å². The second-order valence-electron chi connectivity index (χ2n) is 6.73. The molecule has 8 nitrogen and oxygen atoms in total. The van der Waals surface area contributed by atoms with Crippen molar-refractivity contribution in [1.29, 1.82) is 0 Å². The summed E-state index contributed by atoms with van der Waals surface area (Å²) in [6.45, 7) is 2.05. The highest BCUT2D eigenvalue weighted by atomic mass is 19.1. The van der Waals surface area contributed by atoms with Crippen LogP contribution in [0.3, 0.4) is 0 Å². The predicted octanol–water partition coefficient (Wildman–Crippen LogP) is 2.17. The fraction of sp³-hybridized carbons (Fsp3) is 0.286. The van der Waals surface area contributed by atoms with Crippen LogP contribution in [0.25, 0.3) is 0 Å². The summed E-state index contributed by atoms with van der Waals surface area (Å²) in [4.78, 5) is 36.6. The van der Waals surface area contributed by atoms with Gasteiger partial charge in [0.2, 0.25) is 0 Å². The largest absolute Gasteiger partial charge is 0.481 e. The molecule has 1 aliphatic heterocycles. The van der Waals surface area contributed by atoms with Gasteiger partial charge < -0.3 is 14.8 Å². The lowest BCUT2D eigenvalue weighted by Crippen LogP contribution is -2.47. The average Bonchev–Trinajstić information content (AvgIpc) is 3.28. The fourth-order valence-corrected chi connectivity index (χ4v) is 2.81. The summed E-state index contributed by atoms with van der Waals surface area (Å²) in [5.41, 5.74) is 5.26. The van der Waals surface area contributed by atoms with E-state index in [1.807, 2.05) is 0 Å². The van der Waals surface area contributed by atoms with Crippen LogP contribution in [0.1, 0.15) is 30.1 Å². The number of amides is 3. The third-order valence-corrected chi connectivity index (χ3v) is 4.41. The van der Waals surface area contributed by atoms with Crippen molar-refractivity contribution in [3.05, 3.63) is 59.9 Å². The maximum absolute atomic E-state index is 12.9. The molecule has 0 radical (unpaired) electrons. The number of hydrogen-bond acceptors (Lipinski definition) is 5. The quantitative estimate of drug-likeness (QED) is 0.627. The predicted molar refractivity (Wildman–Crippen MR) is 106 cm³/mol. The van der Waals surface area contributed by atoms with E-state index >= 15 is 0 Å². The van der Waals surface area contributed by atoms with Gasteiger partial charge in [-0.15, -0.1) is 0 Å². The van der Waals surface area contributed by atoms with E-state index in [9.17, 15) is 18.8 Å². The van der Waals surface area contributed by atoms with Crippen LogP contribution in [0.4, 0.5) is 10.1 Å². The van der Waals surface area contributed by atoms with E-state index in [2.05, 4.69) is 16.2 Å². The van der Waals surface area contributed by atoms with Crippen LogP contribution in [0.15, 0.2) is 48.5 Å². The van der Waals surface area contributed by atoms with Gasteiger partial charge in [-0.25, -0.2) is 4.39 Å². The van der Waals surface area contributed by atoms with E-state index < -0.39 is 29.8 Å². The zero-order chi connectivity index (χ0) is 21.5. The normalized spacial score (nSPS) is 16.4. The number of carbonyl (C=O) groups excluding carboxylic acids is 3. The Bertz CT molecular complexity index is 913. The van der Waals surface area contributed by atoms with E-state index in [1.165, 1.54) is 37.3 Å². The molecule has 158 valence electrons. The molecule has 3 amide bonds. The Balaban J connectivity index is 1.50. The zero-order valence-corrected chi connectivity index (χ0v) is 16.3. The molecule has 1 aliphatic rings. The molecule has 0 saturated carbocycles. The van der Waals surface area contributed by atoms with Crippen molar-refractivity contribution in [2.45, 2.75) is 32.0 Å². The number of ether oxygens (including phenoxy) is 2. The van der Waals surface area contributed by atoms with Crippen LogP contribution in [-0.4, -0.2) is 36.5 Å². The molecule has 30 heavy (non-hydrogen) atoms. The number of anilines is 1. The molecule has 1 saturated heterocycles. The average molecular weight is 415 g/mol. The number of hydrogen-bond donors (Lipinski definition) is 3. The van der Waals surface area contributed by atoms with Gasteiger partial charge in [0.15, 0.2) is 6.10 Å². The number of benzene rings is 2. The van der Waals surface area contributed by atoms with E-state index in [4.69, 9.17) is 9.47 Å². The molecule has 1 fully saturated rings. The summed E-state index contributed by atoms with van der Waals surface area (Å²) in [6, 6.07) is 11.5. The van der Waals surface area contributed by atoms with Crippen molar-refractivity contribution in [2.75, 3.05) is 11.9 Å². The summed E-state index contributed by atoms with van der Waals surface area (Å²) >= 11 is 0. The van der Waals surface area contributed by atoms with Crippen molar-refractivity contribution >= 4 is 23.4 Å². The van der Waals surface area contributed by atoms with Crippen molar-refractivity contribution in [3.8, 4) is 5.75 Å². The van der Waals surface area contributed by atoms with Gasteiger partial charge in [-0.05, 0) is 62.2 Å². The summed E-state index contributed by atoms with van der Waals surface area (Å²) < 4.78 is 23.6. The fourth-order valence-electron chi connectivity index (χ4n) is 2.81. The molecule has 0 spiro atoms. The first-order valence-electron chi connectivity index (χ1n) is 9.47. The van der Waals surface area contributed by atoms with Crippen molar-refractivity contribution in [2.24, 2.45) is 0 Å². The van der Waals surface area contributed by atoms with Gasteiger partial charge in [-0.1, -0.05) is 6.07 Å². The van der Waals surface area contributed by atoms with Crippen LogP contribution in [0.2, 0.25) is 0 Å². The molecular formula is C21H22FN3O5. The maximum atomic E-state index is 12.9. The van der Waals surface area contributed by atoms with Crippen LogP contribution in [0.5, 0.6) is 5.75 Å². The second-order valence-corrected chi connectivity index (χ2v) is 6.73. The minimum atomic E-state index is -0.923. The molecule has 0 aliphatic carbocycles. The van der Waals surface area contributed by atoms with Gasteiger partial charge in [0, 0.05) is 17.9 Å². The van der Waals surface area contributed by atoms with Crippen molar-refractivity contribution in [3.63, 3.8) is 0 Å². The Morgan fingerprint density at radius 1 is 1.13 bits per heavy atom. The molecule has 2 aromatic carbocycles. The Hall–Kier alpha value is -3.46. The molecule has 1 heterocycles. The van der Waals surface area contributed by atoms with E-state index in [1.54, 1.807) is 18.2 Å². The smallest absolute Gasteiger partial charge is 0.279 e. The van der Waals surface area contributed by atoms with Crippen LogP contribution in [0, 0.1) is 5.82 Å². The molecule has 0 bridgehead atoms. The Kier molecular flexibility index (Phi) is 6.97. The molecule has 3 N–H and O–H groups in total. The van der Waals surface area contributed by atoms with Gasteiger partial charge in [0.05, 0.1) is 0 Å². The summed E-state index contributed by atoms with van der Waals surface area (Å²) in [5.74, 6) is -1.51. The SMILES string of the molecule is CC(Oc1ccc(F)cc1)C(=O)NNC(=O)c1cccc(NC(=O)C2CCCO2)c1. The Labute approximate surface area is 172 Å². The number of halogens is 1. The summed E-state index contributed by atoms with van der Waals surface area (Å²) in [7, 11) is 0. The maximum Gasteiger partial charge on any atom is 0.279 e. The molecule has 2 atom stereocenters. The third-order valence-electron chi connectivity index (χ3n) is 4.41. The van der Waals surface area contributed by atoms with Crippen LogP contribution >= 0.6 is 0 Å². The van der Waals surface area contributed by atoms with E-state index in [0.717, 1.165) is 6.42 Å². The number of hydrazine groups is 1. The van der Waals surface area contributed by atoms with Gasteiger partial charge in [-0.2, -0.15) is 0 Å². The number of rotatable bonds is 6. The van der Waals surface area contributed by atoms with Crippen LogP contribution < -0.4 is 20.9 Å². The Morgan fingerprint density at radius 2 is 1.90 bits per heavy atom.